The van der Waals surface area contributed by atoms with E-state index in [0.29, 0.717) is 44.8 Å². The number of benzene rings is 2. The van der Waals surface area contributed by atoms with Gasteiger partial charge in [0, 0.05) is 39.8 Å². The van der Waals surface area contributed by atoms with E-state index in [1.807, 2.05) is 51.2 Å². The van der Waals surface area contributed by atoms with Gasteiger partial charge in [0.25, 0.3) is 5.91 Å². The van der Waals surface area contributed by atoms with Crippen LogP contribution < -0.4 is 4.74 Å². The number of nitrogens with zero attached hydrogens (tertiary/aromatic N) is 3. The van der Waals surface area contributed by atoms with Crippen LogP contribution >= 0.6 is 0 Å². The summed E-state index contributed by atoms with van der Waals surface area (Å²) in [5, 5.41) is 9.97. The van der Waals surface area contributed by atoms with E-state index in [0.717, 1.165) is 24.1 Å². The van der Waals surface area contributed by atoms with Gasteiger partial charge in [-0.3, -0.25) is 9.69 Å². The number of hydrogen-bond acceptors (Lipinski definition) is 6. The van der Waals surface area contributed by atoms with Gasteiger partial charge in [-0.05, 0) is 48.6 Å². The Morgan fingerprint density at radius 2 is 1.86 bits per heavy atom. The van der Waals surface area contributed by atoms with Crippen molar-refractivity contribution in [2.45, 2.75) is 56.3 Å². The quantitative estimate of drug-likeness (QED) is 0.552. The highest BCUT2D eigenvalue weighted by Gasteiger charge is 2.34. The number of aryl methyl sites for hydroxylation is 1. The molecular formula is C27H37N3O5S. The van der Waals surface area contributed by atoms with Crippen LogP contribution in [0.1, 0.15) is 43.9 Å². The van der Waals surface area contributed by atoms with Crippen molar-refractivity contribution in [3.63, 3.8) is 0 Å². The van der Waals surface area contributed by atoms with Gasteiger partial charge in [0.05, 0.1) is 17.0 Å². The van der Waals surface area contributed by atoms with Crippen LogP contribution in [0.4, 0.5) is 0 Å². The van der Waals surface area contributed by atoms with Gasteiger partial charge in [-0.1, -0.05) is 44.2 Å². The van der Waals surface area contributed by atoms with Gasteiger partial charge < -0.3 is 14.7 Å². The van der Waals surface area contributed by atoms with Crippen molar-refractivity contribution in [2.24, 2.45) is 0 Å². The Morgan fingerprint density at radius 3 is 2.50 bits per heavy atom. The maximum atomic E-state index is 13.6. The minimum absolute atomic E-state index is 0.103. The number of amides is 1. The largest absolute Gasteiger partial charge is 0.480 e. The maximum Gasteiger partial charge on any atom is 0.263 e. The van der Waals surface area contributed by atoms with E-state index in [1.165, 1.54) is 4.31 Å². The molecular weight excluding hydrogens is 478 g/mol. The molecule has 2 aliphatic rings. The molecule has 2 heterocycles. The van der Waals surface area contributed by atoms with Crippen LogP contribution in [-0.4, -0.2) is 85.5 Å². The highest BCUT2D eigenvalue weighted by Crippen LogP contribution is 2.32. The number of rotatable bonds is 9. The van der Waals surface area contributed by atoms with E-state index in [4.69, 9.17) is 4.74 Å². The minimum atomic E-state index is -3.56. The topological polar surface area (TPSA) is 90.4 Å². The van der Waals surface area contributed by atoms with Gasteiger partial charge in [0.1, 0.15) is 5.75 Å². The molecule has 0 spiro atoms. The zero-order valence-electron chi connectivity index (χ0n) is 21.3. The normalized spacial score (nSPS) is 21.1. The summed E-state index contributed by atoms with van der Waals surface area (Å²) in [6, 6.07) is 14.7. The first-order chi connectivity index (χ1) is 17.2. The van der Waals surface area contributed by atoms with Crippen molar-refractivity contribution in [1.82, 2.24) is 14.1 Å². The summed E-state index contributed by atoms with van der Waals surface area (Å²) in [7, 11) is -1.74. The van der Waals surface area contributed by atoms with E-state index in [9.17, 15) is 18.3 Å². The fourth-order valence-electron chi connectivity index (χ4n) is 5.14. The predicted octanol–water partition coefficient (Wildman–Crippen LogP) is 2.68. The summed E-state index contributed by atoms with van der Waals surface area (Å²) in [6.45, 7) is 6.52. The number of hydrogen-bond donors (Lipinski definition) is 1. The molecule has 1 N–H and O–H groups in total. The molecule has 1 saturated heterocycles. The van der Waals surface area contributed by atoms with E-state index in [1.54, 1.807) is 23.1 Å². The first-order valence-electron chi connectivity index (χ1n) is 12.8. The van der Waals surface area contributed by atoms with Gasteiger partial charge >= 0.3 is 0 Å². The number of sulfonamides is 1. The number of likely N-dealkylation sites (tertiary alicyclic amines) is 1. The van der Waals surface area contributed by atoms with Gasteiger partial charge in [0.15, 0.2) is 6.10 Å². The van der Waals surface area contributed by atoms with Crippen molar-refractivity contribution in [3.8, 4) is 5.75 Å². The van der Waals surface area contributed by atoms with E-state index in [2.05, 4.69) is 4.90 Å². The molecule has 2 aromatic rings. The smallest absolute Gasteiger partial charge is 0.263 e. The number of fused-ring (bicyclic) bond motifs is 1. The van der Waals surface area contributed by atoms with Crippen LogP contribution in [0, 0.1) is 0 Å². The third kappa shape index (κ3) is 5.59. The highest BCUT2D eigenvalue weighted by atomic mass is 32.2. The summed E-state index contributed by atoms with van der Waals surface area (Å²) in [5.74, 6) is 0.458. The lowest BCUT2D eigenvalue weighted by Gasteiger charge is -2.35. The lowest BCUT2D eigenvalue weighted by Crippen LogP contribution is -2.46. The minimum Gasteiger partial charge on any atom is -0.480 e. The zero-order valence-corrected chi connectivity index (χ0v) is 22.2. The molecule has 196 valence electrons. The molecule has 1 amide bonds. The molecule has 9 heteroatoms. The summed E-state index contributed by atoms with van der Waals surface area (Å²) in [6.07, 6.45) is 0.831. The van der Waals surface area contributed by atoms with Crippen molar-refractivity contribution in [3.05, 3.63) is 59.7 Å². The van der Waals surface area contributed by atoms with E-state index < -0.39 is 16.1 Å². The first-order valence-corrected chi connectivity index (χ1v) is 14.2. The van der Waals surface area contributed by atoms with Crippen LogP contribution in [0.15, 0.2) is 53.4 Å². The fourth-order valence-corrected chi connectivity index (χ4v) is 6.65. The molecule has 0 aliphatic carbocycles. The molecule has 0 unspecified atom stereocenters. The molecule has 0 radical (unpaired) electrons. The Labute approximate surface area is 214 Å². The fraction of sp³-hybridized carbons (Fsp3) is 0.519. The van der Waals surface area contributed by atoms with Gasteiger partial charge in [0.2, 0.25) is 10.0 Å². The van der Waals surface area contributed by atoms with Crippen molar-refractivity contribution < 1.29 is 23.1 Å². The number of carbonyl (C=O) groups excluding carboxylic acids is 1. The summed E-state index contributed by atoms with van der Waals surface area (Å²) in [5.41, 5.74) is 1.85. The van der Waals surface area contributed by atoms with Crippen molar-refractivity contribution in [2.75, 3.05) is 39.8 Å². The number of likely N-dealkylation sites (N-methyl/N-ethyl adjacent to an activating group) is 1. The molecule has 0 bridgehead atoms. The molecule has 3 atom stereocenters. The first kappa shape index (κ1) is 26.6. The summed E-state index contributed by atoms with van der Waals surface area (Å²) >= 11 is 0. The van der Waals surface area contributed by atoms with Crippen LogP contribution in [-0.2, 0) is 21.2 Å². The molecule has 2 aliphatic heterocycles. The molecule has 0 aromatic heterocycles. The van der Waals surface area contributed by atoms with Crippen LogP contribution in [0.5, 0.6) is 5.75 Å². The molecule has 4 rings (SSSR count). The maximum absolute atomic E-state index is 13.6. The third-order valence-electron chi connectivity index (χ3n) is 7.27. The van der Waals surface area contributed by atoms with E-state index in [-0.39, 0.29) is 22.9 Å². The predicted molar refractivity (Wildman–Crippen MR) is 138 cm³/mol. The molecule has 2 aromatic carbocycles. The second-order valence-corrected chi connectivity index (χ2v) is 11.5. The average molecular weight is 516 g/mol. The third-order valence-corrected chi connectivity index (χ3v) is 9.32. The van der Waals surface area contributed by atoms with Crippen LogP contribution in [0.3, 0.4) is 0 Å². The Kier molecular flexibility index (Phi) is 8.34. The Bertz CT molecular complexity index is 1150. The number of β-amino-alcohol motifs (C(OH)–C–C–N with tert-alkyl or cyclic N) is 1. The Balaban J connectivity index is 1.50. The van der Waals surface area contributed by atoms with Gasteiger partial charge in [-0.15, -0.1) is 0 Å². The second kappa shape index (κ2) is 11.3. The summed E-state index contributed by atoms with van der Waals surface area (Å²) in [4.78, 5) is 17.8. The molecule has 0 saturated carbocycles. The summed E-state index contributed by atoms with van der Waals surface area (Å²) < 4.78 is 33.4. The standard InChI is InChI=1S/C27H37N3O5S/c1-4-30(5-2)36(33,34)23-12-14-25-21(17-23)11-13-26(35-25)27(32)28(3)24(20-9-7-6-8-10-20)19-29-16-15-22(31)18-29/h6-10,12,14,17,22,24,26,31H,4-5,11,13,15-16,18-19H2,1-3H3/t22-,24+,26+/m0/s1. The zero-order chi connectivity index (χ0) is 25.9. The molecule has 1 fully saturated rings. The van der Waals surface area contributed by atoms with Crippen molar-refractivity contribution in [1.29, 1.82) is 0 Å². The van der Waals surface area contributed by atoms with Gasteiger partial charge in [-0.25, -0.2) is 8.42 Å². The number of ether oxygens (including phenoxy) is 1. The molecule has 36 heavy (non-hydrogen) atoms. The SMILES string of the molecule is CCN(CC)S(=O)(=O)c1ccc2c(c1)CC[C@H](C(=O)N(C)[C@H](CN1CC[C@H](O)C1)c1ccccc1)O2. The van der Waals surface area contributed by atoms with Gasteiger partial charge in [-0.2, -0.15) is 4.31 Å². The van der Waals surface area contributed by atoms with Crippen LogP contribution in [0.2, 0.25) is 0 Å². The number of carbonyl (C=O) groups is 1. The lowest BCUT2D eigenvalue weighted by atomic mass is 10.00. The Morgan fingerprint density at radius 1 is 1.14 bits per heavy atom. The lowest BCUT2D eigenvalue weighted by molar-refractivity contribution is -0.140. The number of aliphatic hydroxyl groups is 1. The van der Waals surface area contributed by atoms with Crippen molar-refractivity contribution >= 4 is 15.9 Å². The number of aliphatic hydroxyl groups excluding tert-OH is 1. The second-order valence-electron chi connectivity index (χ2n) is 9.58. The van der Waals surface area contributed by atoms with Crippen LogP contribution in [0.25, 0.3) is 0 Å². The van der Waals surface area contributed by atoms with E-state index >= 15 is 0 Å². The average Bonchev–Trinajstić information content (AvgIpc) is 3.31. The monoisotopic (exact) mass is 515 g/mol. The Hall–Kier alpha value is -2.46. The highest BCUT2D eigenvalue weighted by molar-refractivity contribution is 7.89. The molecule has 8 nitrogen and oxygen atoms in total.